The first-order valence-corrected chi connectivity index (χ1v) is 7.29. The van der Waals surface area contributed by atoms with E-state index in [1.165, 1.54) is 0 Å². The van der Waals surface area contributed by atoms with Crippen molar-refractivity contribution in [3.8, 4) is 0 Å². The quantitative estimate of drug-likeness (QED) is 0.527. The van der Waals surface area contributed by atoms with Gasteiger partial charge in [-0.05, 0) is 12.3 Å². The molecule has 1 rings (SSSR count). The summed E-state index contributed by atoms with van der Waals surface area (Å²) in [5.41, 5.74) is 5.55. The van der Waals surface area contributed by atoms with Gasteiger partial charge >= 0.3 is 0 Å². The fraction of sp³-hybridized carbons (Fsp3) is 0.923. The fourth-order valence-electron chi connectivity index (χ4n) is 2.01. The van der Waals surface area contributed by atoms with Crippen LogP contribution in [0.4, 0.5) is 0 Å². The van der Waals surface area contributed by atoms with E-state index in [-0.39, 0.29) is 0 Å². The Bertz CT molecular complexity index is 240. The first-order chi connectivity index (χ1) is 8.58. The van der Waals surface area contributed by atoms with Crippen LogP contribution >= 0.6 is 12.2 Å². The Kier molecular flexibility index (Phi) is 7.74. The minimum atomic E-state index is 0.598. The van der Waals surface area contributed by atoms with Crippen molar-refractivity contribution in [1.82, 2.24) is 9.80 Å². The maximum absolute atomic E-state index is 5.64. The summed E-state index contributed by atoms with van der Waals surface area (Å²) in [5.74, 6) is 0.730. The second-order valence-corrected chi connectivity index (χ2v) is 5.90. The van der Waals surface area contributed by atoms with Gasteiger partial charge in [0, 0.05) is 45.9 Å². The van der Waals surface area contributed by atoms with E-state index < -0.39 is 0 Å². The lowest BCUT2D eigenvalue weighted by Gasteiger charge is -2.34. The number of thiocarbonyl (C=S) groups is 1. The molecule has 0 saturated carbocycles. The minimum Gasteiger partial charge on any atom is -0.392 e. The highest BCUT2D eigenvalue weighted by Crippen LogP contribution is 2.02. The molecule has 18 heavy (non-hydrogen) atoms. The second kappa shape index (κ2) is 8.80. The van der Waals surface area contributed by atoms with Crippen LogP contribution in [0.5, 0.6) is 0 Å². The van der Waals surface area contributed by atoms with E-state index in [0.29, 0.717) is 4.99 Å². The topological polar surface area (TPSA) is 41.7 Å². The summed E-state index contributed by atoms with van der Waals surface area (Å²) >= 11 is 4.93. The average Bonchev–Trinajstić information content (AvgIpc) is 2.30. The largest absolute Gasteiger partial charge is 0.392 e. The van der Waals surface area contributed by atoms with Crippen molar-refractivity contribution in [2.24, 2.45) is 11.7 Å². The summed E-state index contributed by atoms with van der Waals surface area (Å²) in [6.07, 6.45) is 1.15. The summed E-state index contributed by atoms with van der Waals surface area (Å²) in [4.78, 5) is 5.37. The molecule has 4 nitrogen and oxygen atoms in total. The van der Waals surface area contributed by atoms with Crippen molar-refractivity contribution < 1.29 is 4.74 Å². The molecule has 0 aromatic rings. The third-order valence-corrected chi connectivity index (χ3v) is 3.36. The Balaban J connectivity index is 2.00. The lowest BCUT2D eigenvalue weighted by Crippen LogP contribution is -2.49. The fourth-order valence-corrected chi connectivity index (χ4v) is 2.19. The lowest BCUT2D eigenvalue weighted by molar-refractivity contribution is 0.0749. The maximum atomic E-state index is 5.64. The van der Waals surface area contributed by atoms with E-state index in [1.54, 1.807) is 0 Å². The van der Waals surface area contributed by atoms with Crippen LogP contribution in [0.2, 0.25) is 0 Å². The Morgan fingerprint density at radius 1 is 1.17 bits per heavy atom. The standard InChI is InChI=1S/C13H27N3OS/c1-12(2)3-9-17-10-8-15-4-6-16(7-5-15)11-13(14)18/h12H,3-11H2,1-2H3,(H2,14,18). The van der Waals surface area contributed by atoms with Crippen molar-refractivity contribution in [1.29, 1.82) is 0 Å². The number of nitrogens with zero attached hydrogens (tertiary/aromatic N) is 2. The van der Waals surface area contributed by atoms with Gasteiger partial charge in [-0.15, -0.1) is 0 Å². The minimum absolute atomic E-state index is 0.598. The number of rotatable bonds is 8. The molecule has 5 heteroatoms. The molecule has 106 valence electrons. The van der Waals surface area contributed by atoms with Crippen LogP contribution in [0, 0.1) is 5.92 Å². The molecule has 1 saturated heterocycles. The van der Waals surface area contributed by atoms with Gasteiger partial charge in [0.2, 0.25) is 0 Å². The van der Waals surface area contributed by atoms with Crippen LogP contribution in [0.1, 0.15) is 20.3 Å². The predicted octanol–water partition coefficient (Wildman–Crippen LogP) is 0.953. The van der Waals surface area contributed by atoms with Crippen LogP contribution in [-0.4, -0.2) is 67.3 Å². The zero-order chi connectivity index (χ0) is 13.4. The smallest absolute Gasteiger partial charge is 0.0870 e. The first-order valence-electron chi connectivity index (χ1n) is 6.88. The Morgan fingerprint density at radius 3 is 2.33 bits per heavy atom. The summed E-state index contributed by atoms with van der Waals surface area (Å²) in [6.45, 7) is 12.3. The van der Waals surface area contributed by atoms with Gasteiger partial charge in [0.1, 0.15) is 0 Å². The van der Waals surface area contributed by atoms with Gasteiger partial charge in [-0.3, -0.25) is 9.80 Å². The molecule has 0 atom stereocenters. The Morgan fingerprint density at radius 2 is 1.78 bits per heavy atom. The van der Waals surface area contributed by atoms with Gasteiger partial charge in [0.25, 0.3) is 0 Å². The van der Waals surface area contributed by atoms with E-state index in [9.17, 15) is 0 Å². The van der Waals surface area contributed by atoms with Crippen molar-refractivity contribution in [3.63, 3.8) is 0 Å². The zero-order valence-electron chi connectivity index (χ0n) is 11.7. The summed E-state index contributed by atoms with van der Waals surface area (Å²) in [7, 11) is 0. The average molecular weight is 273 g/mol. The van der Waals surface area contributed by atoms with Gasteiger partial charge in [0.15, 0.2) is 0 Å². The molecule has 1 aliphatic rings. The maximum Gasteiger partial charge on any atom is 0.0870 e. The number of piperazine rings is 1. The number of hydrogen-bond donors (Lipinski definition) is 1. The predicted molar refractivity (Wildman–Crippen MR) is 79.9 cm³/mol. The van der Waals surface area contributed by atoms with Crippen molar-refractivity contribution in [2.45, 2.75) is 20.3 Å². The van der Waals surface area contributed by atoms with E-state index >= 15 is 0 Å². The van der Waals surface area contributed by atoms with Crippen molar-refractivity contribution in [2.75, 3.05) is 52.5 Å². The molecule has 0 amide bonds. The highest BCUT2D eigenvalue weighted by atomic mass is 32.1. The SMILES string of the molecule is CC(C)CCOCCN1CCN(CC(N)=S)CC1. The van der Waals surface area contributed by atoms with E-state index in [4.69, 9.17) is 22.7 Å². The van der Waals surface area contributed by atoms with Crippen molar-refractivity contribution >= 4 is 17.2 Å². The van der Waals surface area contributed by atoms with Crippen LogP contribution in [0.3, 0.4) is 0 Å². The molecule has 1 fully saturated rings. The van der Waals surface area contributed by atoms with Crippen molar-refractivity contribution in [3.05, 3.63) is 0 Å². The molecule has 1 aliphatic heterocycles. The Labute approximate surface area is 116 Å². The first kappa shape index (κ1) is 15.8. The lowest BCUT2D eigenvalue weighted by atomic mass is 10.1. The van der Waals surface area contributed by atoms with Gasteiger partial charge in [0.05, 0.1) is 11.6 Å². The molecular weight excluding hydrogens is 246 g/mol. The molecular formula is C13H27N3OS. The van der Waals surface area contributed by atoms with E-state index in [2.05, 4.69) is 23.6 Å². The van der Waals surface area contributed by atoms with E-state index in [1.807, 2.05) is 0 Å². The molecule has 0 spiro atoms. The van der Waals surface area contributed by atoms with Crippen LogP contribution in [0.15, 0.2) is 0 Å². The molecule has 0 aliphatic carbocycles. The van der Waals surface area contributed by atoms with Gasteiger partial charge in [-0.1, -0.05) is 26.1 Å². The van der Waals surface area contributed by atoms with Gasteiger partial charge < -0.3 is 10.5 Å². The third kappa shape index (κ3) is 7.26. The number of ether oxygens (including phenoxy) is 1. The summed E-state index contributed by atoms with van der Waals surface area (Å²) in [5, 5.41) is 0. The molecule has 0 radical (unpaired) electrons. The molecule has 1 heterocycles. The monoisotopic (exact) mass is 273 g/mol. The second-order valence-electron chi connectivity index (χ2n) is 5.38. The highest BCUT2D eigenvalue weighted by molar-refractivity contribution is 7.80. The van der Waals surface area contributed by atoms with Crippen LogP contribution < -0.4 is 5.73 Å². The number of hydrogen-bond acceptors (Lipinski definition) is 4. The highest BCUT2D eigenvalue weighted by Gasteiger charge is 2.16. The zero-order valence-corrected chi connectivity index (χ0v) is 12.5. The molecule has 0 aromatic carbocycles. The summed E-state index contributed by atoms with van der Waals surface area (Å²) in [6, 6.07) is 0. The molecule has 0 unspecified atom stereocenters. The van der Waals surface area contributed by atoms with Gasteiger partial charge in [-0.25, -0.2) is 0 Å². The molecule has 2 N–H and O–H groups in total. The third-order valence-electron chi connectivity index (χ3n) is 3.24. The molecule has 0 bridgehead atoms. The normalized spacial score (nSPS) is 18.4. The van der Waals surface area contributed by atoms with Gasteiger partial charge in [-0.2, -0.15) is 0 Å². The summed E-state index contributed by atoms with van der Waals surface area (Å²) < 4.78 is 5.64. The van der Waals surface area contributed by atoms with Crippen LogP contribution in [0.25, 0.3) is 0 Å². The van der Waals surface area contributed by atoms with E-state index in [0.717, 1.165) is 64.8 Å². The number of nitrogens with two attached hydrogens (primary N) is 1. The Hall–Kier alpha value is -0.230. The molecule has 0 aromatic heterocycles. The van der Waals surface area contributed by atoms with Crippen LogP contribution in [-0.2, 0) is 4.74 Å².